The lowest BCUT2D eigenvalue weighted by Crippen LogP contribution is -2.52. The topological polar surface area (TPSA) is 96.0 Å². The standard InChI is InChI=1S/C12H10FN3O3/c13-9-6-8(2-3-10(9)16(18)19)11(17)15-12(7-14)4-1-5-12/h2-3,6H,1,4-5H2,(H,15,17). The van der Waals surface area contributed by atoms with Gasteiger partial charge in [-0.15, -0.1) is 0 Å². The van der Waals surface area contributed by atoms with Crippen molar-refractivity contribution in [1.29, 1.82) is 5.26 Å². The minimum Gasteiger partial charge on any atom is -0.334 e. The maximum absolute atomic E-state index is 13.4. The highest BCUT2D eigenvalue weighted by atomic mass is 19.1. The van der Waals surface area contributed by atoms with E-state index in [2.05, 4.69) is 5.32 Å². The number of hydrogen-bond donors (Lipinski definition) is 1. The van der Waals surface area contributed by atoms with Gasteiger partial charge in [0.25, 0.3) is 5.91 Å². The Hall–Kier alpha value is -2.49. The van der Waals surface area contributed by atoms with E-state index in [4.69, 9.17) is 5.26 Å². The molecule has 1 aromatic rings. The summed E-state index contributed by atoms with van der Waals surface area (Å²) in [5.74, 6) is -1.67. The summed E-state index contributed by atoms with van der Waals surface area (Å²) in [7, 11) is 0. The molecular weight excluding hydrogens is 253 g/mol. The van der Waals surface area contributed by atoms with Gasteiger partial charge in [-0.25, -0.2) is 0 Å². The normalized spacial score (nSPS) is 16.0. The summed E-state index contributed by atoms with van der Waals surface area (Å²) in [6.45, 7) is 0. The smallest absolute Gasteiger partial charge is 0.304 e. The second-order valence-corrected chi connectivity index (χ2v) is 4.42. The molecule has 1 aliphatic carbocycles. The molecule has 0 aliphatic heterocycles. The zero-order valence-corrected chi connectivity index (χ0v) is 9.85. The molecule has 1 aliphatic rings. The first-order valence-electron chi connectivity index (χ1n) is 5.65. The summed E-state index contributed by atoms with van der Waals surface area (Å²) in [6.07, 6.45) is 1.97. The molecule has 0 radical (unpaired) electrons. The van der Waals surface area contributed by atoms with Gasteiger partial charge in [-0.05, 0) is 31.4 Å². The Bertz CT molecular complexity index is 590. The van der Waals surface area contributed by atoms with Gasteiger partial charge in [-0.2, -0.15) is 9.65 Å². The number of carbonyl (C=O) groups excluding carboxylic acids is 1. The van der Waals surface area contributed by atoms with Crippen molar-refractivity contribution in [1.82, 2.24) is 5.32 Å². The van der Waals surface area contributed by atoms with Gasteiger partial charge in [-0.3, -0.25) is 14.9 Å². The Morgan fingerprint density at radius 1 is 1.53 bits per heavy atom. The SMILES string of the molecule is N#CC1(NC(=O)c2ccc([N+](=O)[O-])c(F)c2)CCC1. The Kier molecular flexibility index (Phi) is 3.17. The molecule has 1 amide bonds. The van der Waals surface area contributed by atoms with Crippen LogP contribution in [0.15, 0.2) is 18.2 Å². The largest absolute Gasteiger partial charge is 0.334 e. The van der Waals surface area contributed by atoms with Crippen LogP contribution in [-0.4, -0.2) is 16.4 Å². The molecule has 1 saturated carbocycles. The molecular formula is C12H10FN3O3. The van der Waals surface area contributed by atoms with E-state index in [0.29, 0.717) is 12.8 Å². The van der Waals surface area contributed by atoms with E-state index < -0.39 is 27.9 Å². The maximum Gasteiger partial charge on any atom is 0.304 e. The highest BCUT2D eigenvalue weighted by Gasteiger charge is 2.38. The zero-order chi connectivity index (χ0) is 14.0. The van der Waals surface area contributed by atoms with Gasteiger partial charge in [0.1, 0.15) is 5.54 Å². The van der Waals surface area contributed by atoms with Gasteiger partial charge in [0.2, 0.25) is 5.82 Å². The van der Waals surface area contributed by atoms with Gasteiger partial charge >= 0.3 is 5.69 Å². The first kappa shape index (κ1) is 13.0. The van der Waals surface area contributed by atoms with Crippen molar-refractivity contribution < 1.29 is 14.1 Å². The summed E-state index contributed by atoms with van der Waals surface area (Å²) in [6, 6.07) is 4.93. The van der Waals surface area contributed by atoms with E-state index in [0.717, 1.165) is 18.6 Å². The minimum absolute atomic E-state index is 0.0374. The van der Waals surface area contributed by atoms with Crippen molar-refractivity contribution >= 4 is 11.6 Å². The summed E-state index contributed by atoms with van der Waals surface area (Å²) in [5.41, 5.74) is -1.60. The fraction of sp³-hybridized carbons (Fsp3) is 0.333. The quantitative estimate of drug-likeness (QED) is 0.665. The second-order valence-electron chi connectivity index (χ2n) is 4.42. The molecule has 1 aromatic carbocycles. The van der Waals surface area contributed by atoms with E-state index in [1.54, 1.807) is 0 Å². The third kappa shape index (κ3) is 2.38. The minimum atomic E-state index is -1.07. The number of hydrogen-bond acceptors (Lipinski definition) is 4. The lowest BCUT2D eigenvalue weighted by molar-refractivity contribution is -0.387. The third-order valence-corrected chi connectivity index (χ3v) is 3.18. The van der Waals surface area contributed by atoms with Gasteiger partial charge in [-0.1, -0.05) is 0 Å². The van der Waals surface area contributed by atoms with Crippen LogP contribution in [0.2, 0.25) is 0 Å². The van der Waals surface area contributed by atoms with Crippen molar-refractivity contribution in [3.05, 3.63) is 39.7 Å². The Morgan fingerprint density at radius 3 is 2.63 bits per heavy atom. The van der Waals surface area contributed by atoms with Gasteiger partial charge in [0.15, 0.2) is 0 Å². The predicted molar refractivity (Wildman–Crippen MR) is 62.7 cm³/mol. The predicted octanol–water partition coefficient (Wildman–Crippen LogP) is 1.91. The van der Waals surface area contributed by atoms with Crippen molar-refractivity contribution in [2.75, 3.05) is 0 Å². The first-order chi connectivity index (χ1) is 8.97. The average Bonchev–Trinajstić information content (AvgIpc) is 2.33. The van der Waals surface area contributed by atoms with Crippen LogP contribution in [0.5, 0.6) is 0 Å². The van der Waals surface area contributed by atoms with Crippen LogP contribution in [0, 0.1) is 27.3 Å². The molecule has 2 rings (SSSR count). The van der Waals surface area contributed by atoms with E-state index in [9.17, 15) is 19.3 Å². The fourth-order valence-electron chi connectivity index (χ4n) is 1.88. The van der Waals surface area contributed by atoms with E-state index >= 15 is 0 Å². The highest BCUT2D eigenvalue weighted by molar-refractivity contribution is 5.95. The summed E-state index contributed by atoms with van der Waals surface area (Å²) >= 11 is 0. The van der Waals surface area contributed by atoms with Crippen LogP contribution in [0.1, 0.15) is 29.6 Å². The molecule has 0 spiro atoms. The number of nitrogens with one attached hydrogen (secondary N) is 1. The van der Waals surface area contributed by atoms with Crippen molar-refractivity contribution in [3.63, 3.8) is 0 Å². The number of rotatable bonds is 3. The lowest BCUT2D eigenvalue weighted by atomic mass is 9.78. The van der Waals surface area contributed by atoms with Crippen LogP contribution in [0.3, 0.4) is 0 Å². The number of benzene rings is 1. The molecule has 98 valence electrons. The van der Waals surface area contributed by atoms with Crippen LogP contribution in [-0.2, 0) is 0 Å². The fourth-order valence-corrected chi connectivity index (χ4v) is 1.88. The van der Waals surface area contributed by atoms with Crippen LogP contribution in [0.4, 0.5) is 10.1 Å². The Balaban J connectivity index is 2.19. The van der Waals surface area contributed by atoms with Crippen LogP contribution in [0.25, 0.3) is 0 Å². The number of amides is 1. The number of nitrogens with zero attached hydrogens (tertiary/aromatic N) is 2. The first-order valence-corrected chi connectivity index (χ1v) is 5.65. The zero-order valence-electron chi connectivity index (χ0n) is 9.85. The van der Waals surface area contributed by atoms with Crippen molar-refractivity contribution in [2.24, 2.45) is 0 Å². The molecule has 0 bridgehead atoms. The number of nitro benzene ring substituents is 1. The molecule has 0 heterocycles. The van der Waals surface area contributed by atoms with E-state index in [1.165, 1.54) is 6.07 Å². The second kappa shape index (κ2) is 4.65. The Labute approximate surface area is 108 Å². The van der Waals surface area contributed by atoms with Crippen LogP contribution < -0.4 is 5.32 Å². The molecule has 1 fully saturated rings. The third-order valence-electron chi connectivity index (χ3n) is 3.18. The van der Waals surface area contributed by atoms with Gasteiger partial charge in [0, 0.05) is 11.6 Å². The summed E-state index contributed by atoms with van der Waals surface area (Å²) in [4.78, 5) is 21.4. The Morgan fingerprint density at radius 2 is 2.21 bits per heavy atom. The number of halogens is 1. The molecule has 0 saturated heterocycles. The number of carbonyl (C=O) groups is 1. The maximum atomic E-state index is 13.4. The monoisotopic (exact) mass is 263 g/mol. The summed E-state index contributed by atoms with van der Waals surface area (Å²) < 4.78 is 13.4. The molecule has 0 atom stereocenters. The molecule has 0 aromatic heterocycles. The van der Waals surface area contributed by atoms with E-state index in [-0.39, 0.29) is 5.56 Å². The average molecular weight is 263 g/mol. The molecule has 6 nitrogen and oxygen atoms in total. The van der Waals surface area contributed by atoms with Gasteiger partial charge < -0.3 is 5.32 Å². The van der Waals surface area contributed by atoms with Crippen LogP contribution >= 0.6 is 0 Å². The number of nitro groups is 1. The lowest BCUT2D eigenvalue weighted by Gasteiger charge is -2.35. The molecule has 19 heavy (non-hydrogen) atoms. The van der Waals surface area contributed by atoms with Gasteiger partial charge in [0.05, 0.1) is 11.0 Å². The molecule has 7 heteroatoms. The summed E-state index contributed by atoms with van der Waals surface area (Å²) in [5, 5.41) is 22.0. The molecule has 0 unspecified atom stereocenters. The number of nitriles is 1. The highest BCUT2D eigenvalue weighted by Crippen LogP contribution is 2.31. The van der Waals surface area contributed by atoms with E-state index in [1.807, 2.05) is 6.07 Å². The van der Waals surface area contributed by atoms with Crippen molar-refractivity contribution in [2.45, 2.75) is 24.8 Å². The molecule has 1 N–H and O–H groups in total. The van der Waals surface area contributed by atoms with Crippen molar-refractivity contribution in [3.8, 4) is 6.07 Å².